The summed E-state index contributed by atoms with van der Waals surface area (Å²) in [5.41, 5.74) is 1.05. The van der Waals surface area contributed by atoms with E-state index >= 15 is 0 Å². The summed E-state index contributed by atoms with van der Waals surface area (Å²) in [5, 5.41) is 0. The van der Waals surface area contributed by atoms with E-state index in [-0.39, 0.29) is 12.7 Å². The van der Waals surface area contributed by atoms with Crippen LogP contribution in [-0.4, -0.2) is 22.5 Å². The van der Waals surface area contributed by atoms with Crippen LogP contribution in [0.25, 0.3) is 0 Å². The highest BCUT2D eigenvalue weighted by Crippen LogP contribution is 2.36. The van der Waals surface area contributed by atoms with Gasteiger partial charge in [-0.15, -0.1) is 0 Å². The summed E-state index contributed by atoms with van der Waals surface area (Å²) in [5.74, 6) is 0. The molecule has 5 nitrogen and oxygen atoms in total. The predicted molar refractivity (Wildman–Crippen MR) is 137 cm³/mol. The lowest BCUT2D eigenvalue weighted by atomic mass is 10.0. The minimum Gasteiger partial charge on any atom is -0.371 e. The van der Waals surface area contributed by atoms with Crippen molar-refractivity contribution in [1.29, 1.82) is 0 Å². The molecule has 1 rings (SSSR count). The summed E-state index contributed by atoms with van der Waals surface area (Å²) in [4.78, 5) is 18.0. The van der Waals surface area contributed by atoms with Crippen LogP contribution in [-0.2, 0) is 20.4 Å². The van der Waals surface area contributed by atoms with Crippen LogP contribution in [0.2, 0.25) is 0 Å². The zero-order valence-corrected chi connectivity index (χ0v) is 21.9. The Balaban J connectivity index is 2.00. The zero-order valence-electron chi connectivity index (χ0n) is 21.0. The van der Waals surface area contributed by atoms with E-state index in [1.165, 1.54) is 89.9 Å². The minimum absolute atomic E-state index is 0.0736. The van der Waals surface area contributed by atoms with E-state index in [1.54, 1.807) is 0 Å². The van der Waals surface area contributed by atoms with Crippen molar-refractivity contribution in [2.24, 2.45) is 0 Å². The van der Waals surface area contributed by atoms with Crippen molar-refractivity contribution in [3.63, 3.8) is 0 Å². The Bertz CT molecular complexity index is 589. The van der Waals surface area contributed by atoms with E-state index in [4.69, 9.17) is 19.0 Å². The van der Waals surface area contributed by atoms with E-state index in [9.17, 15) is 4.57 Å². The first kappa shape index (κ1) is 30.3. The largest absolute Gasteiger partial charge is 0.469 e. The number of ether oxygens (including phenoxy) is 1. The lowest BCUT2D eigenvalue weighted by Gasteiger charge is -2.18. The Morgan fingerprint density at radius 2 is 1.18 bits per heavy atom. The second kappa shape index (κ2) is 20.6. The lowest BCUT2D eigenvalue weighted by Crippen LogP contribution is -2.19. The normalized spacial score (nSPS) is 12.8. The topological polar surface area (TPSA) is 76.0 Å². The summed E-state index contributed by atoms with van der Waals surface area (Å²) in [6, 6.07) is 9.82. The summed E-state index contributed by atoms with van der Waals surface area (Å²) < 4.78 is 21.6. The van der Waals surface area contributed by atoms with Gasteiger partial charge >= 0.3 is 7.82 Å². The van der Waals surface area contributed by atoms with E-state index in [1.807, 2.05) is 30.3 Å². The van der Waals surface area contributed by atoms with Gasteiger partial charge in [-0.25, -0.2) is 4.57 Å². The van der Waals surface area contributed by atoms with Crippen molar-refractivity contribution in [3.05, 3.63) is 35.9 Å². The molecule has 0 heterocycles. The Hall–Kier alpha value is -0.710. The molecule has 0 radical (unpaired) electrons. The van der Waals surface area contributed by atoms with Crippen molar-refractivity contribution in [2.75, 3.05) is 6.61 Å². The van der Waals surface area contributed by atoms with Gasteiger partial charge in [0.1, 0.15) is 0 Å². The monoisotopic (exact) mass is 484 g/mol. The third kappa shape index (κ3) is 20.4. The standard InChI is InChI=1S/C27H49O5P/c1-2-3-4-5-6-7-8-9-10-11-12-13-14-15-16-20-23-27(25-32-33(28,29)30)31-24-26-21-18-17-19-22-26/h17-19,21-22,27H,2-16,20,23-25H2,1H3,(H2,28,29,30). The fourth-order valence-electron chi connectivity index (χ4n) is 4.10. The number of unbranched alkanes of at least 4 members (excludes halogenated alkanes) is 15. The van der Waals surface area contributed by atoms with Gasteiger partial charge in [0.15, 0.2) is 0 Å². The molecule has 192 valence electrons. The van der Waals surface area contributed by atoms with Gasteiger partial charge in [-0.05, 0) is 12.0 Å². The maximum atomic E-state index is 11.1. The number of phosphoric acid groups is 1. The molecule has 6 heteroatoms. The molecule has 0 saturated heterocycles. The van der Waals surface area contributed by atoms with Crippen LogP contribution < -0.4 is 0 Å². The Morgan fingerprint density at radius 1 is 0.727 bits per heavy atom. The van der Waals surface area contributed by atoms with E-state index in [0.29, 0.717) is 6.61 Å². The van der Waals surface area contributed by atoms with Gasteiger partial charge in [-0.3, -0.25) is 4.52 Å². The van der Waals surface area contributed by atoms with Gasteiger partial charge in [0.05, 0.1) is 19.3 Å². The van der Waals surface area contributed by atoms with Crippen molar-refractivity contribution in [2.45, 2.75) is 129 Å². The van der Waals surface area contributed by atoms with E-state index < -0.39 is 7.82 Å². The fraction of sp³-hybridized carbons (Fsp3) is 0.778. The molecular weight excluding hydrogens is 435 g/mol. The van der Waals surface area contributed by atoms with Crippen molar-refractivity contribution < 1.29 is 23.6 Å². The van der Waals surface area contributed by atoms with Crippen LogP contribution >= 0.6 is 7.82 Å². The first-order valence-electron chi connectivity index (χ1n) is 13.4. The molecule has 0 aromatic heterocycles. The average molecular weight is 485 g/mol. The molecule has 0 amide bonds. The molecule has 0 spiro atoms. The van der Waals surface area contributed by atoms with E-state index in [2.05, 4.69) is 6.92 Å². The van der Waals surface area contributed by atoms with Gasteiger partial charge in [0.25, 0.3) is 0 Å². The van der Waals surface area contributed by atoms with Crippen LogP contribution in [0.5, 0.6) is 0 Å². The van der Waals surface area contributed by atoms with Crippen molar-refractivity contribution in [1.82, 2.24) is 0 Å². The maximum absolute atomic E-state index is 11.1. The van der Waals surface area contributed by atoms with Crippen LogP contribution in [0, 0.1) is 0 Å². The van der Waals surface area contributed by atoms with Gasteiger partial charge in [0, 0.05) is 0 Å². The average Bonchev–Trinajstić information content (AvgIpc) is 2.80. The zero-order chi connectivity index (χ0) is 24.0. The van der Waals surface area contributed by atoms with E-state index in [0.717, 1.165) is 24.8 Å². The minimum atomic E-state index is -4.47. The van der Waals surface area contributed by atoms with Crippen LogP contribution in [0.15, 0.2) is 30.3 Å². The van der Waals surface area contributed by atoms with Crippen LogP contribution in [0.1, 0.15) is 122 Å². The first-order valence-corrected chi connectivity index (χ1v) is 14.9. The van der Waals surface area contributed by atoms with Crippen LogP contribution in [0.3, 0.4) is 0 Å². The molecule has 0 aliphatic heterocycles. The summed E-state index contributed by atoms with van der Waals surface area (Å²) in [7, 11) is -4.47. The van der Waals surface area contributed by atoms with Crippen LogP contribution in [0.4, 0.5) is 0 Å². The predicted octanol–water partition coefficient (Wildman–Crippen LogP) is 8.33. The second-order valence-corrected chi connectivity index (χ2v) is 10.5. The fourth-order valence-corrected chi connectivity index (χ4v) is 4.46. The molecule has 0 aliphatic carbocycles. The van der Waals surface area contributed by atoms with Crippen molar-refractivity contribution in [3.8, 4) is 0 Å². The number of benzene rings is 1. The lowest BCUT2D eigenvalue weighted by molar-refractivity contribution is -0.00375. The number of phosphoric ester groups is 1. The summed E-state index contributed by atoms with van der Waals surface area (Å²) >= 11 is 0. The highest BCUT2D eigenvalue weighted by molar-refractivity contribution is 7.46. The maximum Gasteiger partial charge on any atom is 0.469 e. The molecule has 33 heavy (non-hydrogen) atoms. The summed E-state index contributed by atoms with van der Waals surface area (Å²) in [6.07, 6.45) is 21.7. The molecule has 2 N–H and O–H groups in total. The molecule has 0 bridgehead atoms. The molecule has 0 aliphatic rings. The highest BCUT2D eigenvalue weighted by Gasteiger charge is 2.18. The molecule has 1 unspecified atom stereocenters. The number of rotatable bonds is 23. The molecule has 0 fully saturated rings. The third-order valence-electron chi connectivity index (χ3n) is 6.14. The molecule has 0 saturated carbocycles. The smallest absolute Gasteiger partial charge is 0.371 e. The molecule has 1 aromatic rings. The second-order valence-electron chi connectivity index (χ2n) is 9.30. The quantitative estimate of drug-likeness (QED) is 0.121. The molecular formula is C27H49O5P. The van der Waals surface area contributed by atoms with Gasteiger partial charge < -0.3 is 14.5 Å². The Morgan fingerprint density at radius 3 is 1.64 bits per heavy atom. The SMILES string of the molecule is CCCCCCCCCCCCCCCCCCC(COP(=O)(O)O)OCc1ccccc1. The van der Waals surface area contributed by atoms with Gasteiger partial charge in [0.2, 0.25) is 0 Å². The van der Waals surface area contributed by atoms with Gasteiger partial charge in [-0.2, -0.15) is 0 Å². The Kier molecular flexibility index (Phi) is 19.0. The summed E-state index contributed by atoms with van der Waals surface area (Å²) in [6.45, 7) is 2.62. The third-order valence-corrected chi connectivity index (χ3v) is 6.62. The Labute approximate surface area is 202 Å². The first-order chi connectivity index (χ1) is 16.0. The number of hydrogen-bond donors (Lipinski definition) is 2. The molecule has 1 atom stereocenters. The van der Waals surface area contributed by atoms with Crippen molar-refractivity contribution >= 4 is 7.82 Å². The van der Waals surface area contributed by atoms with Gasteiger partial charge in [-0.1, -0.05) is 140 Å². The number of hydrogen-bond acceptors (Lipinski definition) is 3. The molecule has 1 aromatic carbocycles. The highest BCUT2D eigenvalue weighted by atomic mass is 31.2.